The maximum absolute atomic E-state index is 14.0. The van der Waals surface area contributed by atoms with Gasteiger partial charge in [0, 0.05) is 17.0 Å². The van der Waals surface area contributed by atoms with Crippen molar-refractivity contribution in [3.63, 3.8) is 0 Å². The summed E-state index contributed by atoms with van der Waals surface area (Å²) in [4.78, 5) is 42.5. The molecule has 1 aromatic carbocycles. The Morgan fingerprint density at radius 1 is 1.18 bits per heavy atom. The summed E-state index contributed by atoms with van der Waals surface area (Å²) >= 11 is 1.65. The Morgan fingerprint density at radius 3 is 2.48 bits per heavy atom. The Kier molecular flexibility index (Phi) is 6.78. The van der Waals surface area contributed by atoms with Gasteiger partial charge in [0.2, 0.25) is 17.7 Å². The van der Waals surface area contributed by atoms with Gasteiger partial charge >= 0.3 is 0 Å². The van der Waals surface area contributed by atoms with E-state index in [4.69, 9.17) is 0 Å². The van der Waals surface area contributed by atoms with Crippen LogP contribution in [0.1, 0.15) is 47.0 Å². The van der Waals surface area contributed by atoms with Gasteiger partial charge in [-0.05, 0) is 51.2 Å². The maximum Gasteiger partial charge on any atom is 0.244 e. The first-order chi connectivity index (χ1) is 15.7. The highest BCUT2D eigenvalue weighted by atomic mass is 32.2. The Morgan fingerprint density at radius 2 is 1.88 bits per heavy atom. The zero-order chi connectivity index (χ0) is 23.9. The van der Waals surface area contributed by atoms with Gasteiger partial charge in [-0.2, -0.15) is 0 Å². The highest BCUT2D eigenvalue weighted by molar-refractivity contribution is 8.02. The van der Waals surface area contributed by atoms with Gasteiger partial charge in [0.15, 0.2) is 0 Å². The molecule has 4 rings (SSSR count). The summed E-state index contributed by atoms with van der Waals surface area (Å²) in [6.45, 7) is 7.69. The molecule has 7 nitrogen and oxygen atoms in total. The molecule has 2 bridgehead atoms. The molecule has 2 unspecified atom stereocenters. The second-order valence-corrected chi connectivity index (χ2v) is 11.9. The predicted molar refractivity (Wildman–Crippen MR) is 130 cm³/mol. The van der Waals surface area contributed by atoms with Crippen LogP contribution in [0.2, 0.25) is 0 Å². The number of hydrogen-bond donors (Lipinski definition) is 3. The van der Waals surface area contributed by atoms with Crippen molar-refractivity contribution in [2.75, 3.05) is 11.9 Å². The fourth-order valence-corrected chi connectivity index (χ4v) is 8.22. The van der Waals surface area contributed by atoms with Gasteiger partial charge < -0.3 is 20.6 Å². The Labute approximate surface area is 200 Å². The van der Waals surface area contributed by atoms with Crippen molar-refractivity contribution in [3.8, 4) is 0 Å². The van der Waals surface area contributed by atoms with Gasteiger partial charge in [-0.3, -0.25) is 14.4 Å². The lowest BCUT2D eigenvalue weighted by Crippen LogP contribution is -2.57. The minimum atomic E-state index is -0.683. The fraction of sp³-hybridized carbons (Fsp3) is 0.640. The highest BCUT2D eigenvalue weighted by Crippen LogP contribution is 2.66. The molecule has 0 aromatic heterocycles. The molecule has 3 fully saturated rings. The number of carbonyl (C=O) groups excluding carboxylic acids is 3. The number of anilines is 1. The molecule has 8 heteroatoms. The third-order valence-corrected chi connectivity index (χ3v) is 9.06. The van der Waals surface area contributed by atoms with E-state index in [9.17, 15) is 19.5 Å². The van der Waals surface area contributed by atoms with E-state index < -0.39 is 28.7 Å². The first kappa shape index (κ1) is 24.1. The quantitative estimate of drug-likeness (QED) is 0.539. The van der Waals surface area contributed by atoms with Crippen LogP contribution in [0.4, 0.5) is 5.69 Å². The number of thioether (sulfide) groups is 1. The van der Waals surface area contributed by atoms with Gasteiger partial charge in [0.1, 0.15) is 6.04 Å². The van der Waals surface area contributed by atoms with Crippen molar-refractivity contribution in [3.05, 3.63) is 30.3 Å². The van der Waals surface area contributed by atoms with Crippen LogP contribution in [-0.4, -0.2) is 62.5 Å². The number of carbonyl (C=O) groups is 3. The van der Waals surface area contributed by atoms with Gasteiger partial charge in [-0.25, -0.2) is 0 Å². The summed E-state index contributed by atoms with van der Waals surface area (Å²) in [5, 5.41) is 16.2. The number of nitrogens with zero attached hydrogens (tertiary/aromatic N) is 1. The number of aliphatic hydroxyl groups is 1. The van der Waals surface area contributed by atoms with Crippen LogP contribution in [0.25, 0.3) is 0 Å². The molecule has 1 spiro atoms. The molecule has 3 aliphatic heterocycles. The van der Waals surface area contributed by atoms with Crippen LogP contribution in [0.3, 0.4) is 0 Å². The third-order valence-electron chi connectivity index (χ3n) is 7.11. The van der Waals surface area contributed by atoms with E-state index in [0.29, 0.717) is 12.1 Å². The summed E-state index contributed by atoms with van der Waals surface area (Å²) in [7, 11) is 0. The van der Waals surface area contributed by atoms with Crippen LogP contribution >= 0.6 is 11.8 Å². The highest BCUT2D eigenvalue weighted by Gasteiger charge is 2.74. The maximum atomic E-state index is 14.0. The largest absolute Gasteiger partial charge is 0.394 e. The van der Waals surface area contributed by atoms with E-state index in [1.54, 1.807) is 16.7 Å². The number of likely N-dealkylation sites (tertiary alicyclic amines) is 1. The zero-order valence-corrected chi connectivity index (χ0v) is 20.6. The third kappa shape index (κ3) is 4.16. The SMILES string of the molecule is CC(C)C[C@H](CO)N1C(=O)[C@@H]2[C@H](C(=O)Nc3ccccc3)[C@@H]3CCC2(S3)C1C(=O)NC(C)C. The zero-order valence-electron chi connectivity index (χ0n) is 19.8. The lowest BCUT2D eigenvalue weighted by molar-refractivity contribution is -0.142. The number of rotatable bonds is 8. The number of amides is 3. The predicted octanol–water partition coefficient (Wildman–Crippen LogP) is 2.65. The second kappa shape index (κ2) is 9.29. The monoisotopic (exact) mass is 473 g/mol. The lowest BCUT2D eigenvalue weighted by atomic mass is 9.70. The first-order valence-corrected chi connectivity index (χ1v) is 12.8. The number of para-hydroxylation sites is 1. The molecule has 0 radical (unpaired) electrons. The van der Waals surface area contributed by atoms with Crippen LogP contribution in [0, 0.1) is 17.8 Å². The number of benzene rings is 1. The number of hydrogen-bond acceptors (Lipinski definition) is 5. The summed E-state index contributed by atoms with van der Waals surface area (Å²) in [6, 6.07) is 8.08. The minimum Gasteiger partial charge on any atom is -0.394 e. The average molecular weight is 474 g/mol. The molecular formula is C25H35N3O4S. The molecular weight excluding hydrogens is 438 g/mol. The van der Waals surface area contributed by atoms with Crippen molar-refractivity contribution in [1.82, 2.24) is 10.2 Å². The van der Waals surface area contributed by atoms with E-state index in [0.717, 1.165) is 12.8 Å². The number of aliphatic hydroxyl groups excluding tert-OH is 1. The summed E-state index contributed by atoms with van der Waals surface area (Å²) in [6.07, 6.45) is 2.13. The van der Waals surface area contributed by atoms with Crippen LogP contribution in [0.15, 0.2) is 30.3 Å². The van der Waals surface area contributed by atoms with Crippen molar-refractivity contribution in [2.24, 2.45) is 17.8 Å². The van der Waals surface area contributed by atoms with Crippen molar-refractivity contribution in [2.45, 2.75) is 75.1 Å². The standard InChI is InChI=1S/C25H35N3O4S/c1-14(2)12-17(13-29)28-21(23(31)26-15(3)4)25-11-10-18(33-25)19(20(25)24(28)32)22(30)27-16-8-6-5-7-9-16/h5-9,14-15,17-21,29H,10-13H2,1-4H3,(H,26,31)(H,27,30)/t17-,18+,19-,20+,21?,25?/m1/s1. The molecule has 0 saturated carbocycles. The van der Waals surface area contributed by atoms with Crippen molar-refractivity contribution < 1.29 is 19.5 Å². The molecule has 3 N–H and O–H groups in total. The van der Waals surface area contributed by atoms with Gasteiger partial charge in [0.05, 0.1) is 29.2 Å². The average Bonchev–Trinajstić information content (AvgIpc) is 3.39. The summed E-state index contributed by atoms with van der Waals surface area (Å²) < 4.78 is -0.635. The van der Waals surface area contributed by atoms with Crippen LogP contribution in [-0.2, 0) is 14.4 Å². The smallest absolute Gasteiger partial charge is 0.244 e. The van der Waals surface area contributed by atoms with Crippen LogP contribution < -0.4 is 10.6 Å². The van der Waals surface area contributed by atoms with E-state index in [2.05, 4.69) is 10.6 Å². The van der Waals surface area contributed by atoms with E-state index in [1.165, 1.54) is 0 Å². The van der Waals surface area contributed by atoms with Gasteiger partial charge in [-0.15, -0.1) is 11.8 Å². The summed E-state index contributed by atoms with van der Waals surface area (Å²) in [5.41, 5.74) is 0.703. The van der Waals surface area contributed by atoms with Crippen molar-refractivity contribution >= 4 is 35.2 Å². The summed E-state index contributed by atoms with van der Waals surface area (Å²) in [5.74, 6) is -1.30. The van der Waals surface area contributed by atoms with E-state index in [-0.39, 0.29) is 41.5 Å². The molecule has 33 heavy (non-hydrogen) atoms. The molecule has 3 aliphatic rings. The Bertz CT molecular complexity index is 908. The Balaban J connectivity index is 1.71. The van der Waals surface area contributed by atoms with Crippen molar-refractivity contribution in [1.29, 1.82) is 0 Å². The minimum absolute atomic E-state index is 0.0110. The fourth-order valence-electron chi connectivity index (χ4n) is 6.01. The molecule has 180 valence electrons. The lowest BCUT2D eigenvalue weighted by Gasteiger charge is -2.38. The Hall–Kier alpha value is -2.06. The number of nitrogens with one attached hydrogen (secondary N) is 2. The van der Waals surface area contributed by atoms with Gasteiger partial charge in [-0.1, -0.05) is 32.0 Å². The number of fused-ring (bicyclic) bond motifs is 1. The first-order valence-electron chi connectivity index (χ1n) is 12.0. The molecule has 3 amide bonds. The molecule has 3 saturated heterocycles. The topological polar surface area (TPSA) is 98.7 Å². The van der Waals surface area contributed by atoms with E-state index in [1.807, 2.05) is 58.0 Å². The van der Waals surface area contributed by atoms with E-state index >= 15 is 0 Å². The van der Waals surface area contributed by atoms with Gasteiger partial charge in [0.25, 0.3) is 0 Å². The normalized spacial score (nSPS) is 31.2. The van der Waals surface area contributed by atoms with Crippen LogP contribution in [0.5, 0.6) is 0 Å². The molecule has 6 atom stereocenters. The molecule has 1 aromatic rings. The second-order valence-electron chi connectivity index (χ2n) is 10.3. The molecule has 0 aliphatic carbocycles. The molecule has 3 heterocycles.